The predicted octanol–water partition coefficient (Wildman–Crippen LogP) is 3.48. The first kappa shape index (κ1) is 19.3. The summed E-state index contributed by atoms with van der Waals surface area (Å²) in [5, 5.41) is 2.59. The van der Waals surface area contributed by atoms with Crippen LogP contribution in [0.2, 0.25) is 0 Å². The fourth-order valence-corrected chi connectivity index (χ4v) is 2.80. The second kappa shape index (κ2) is 9.40. The number of likely N-dealkylation sites (N-methyl/N-ethyl adjacent to an activating group) is 1. The van der Waals surface area contributed by atoms with Crippen molar-refractivity contribution in [2.24, 2.45) is 0 Å². The van der Waals surface area contributed by atoms with Gasteiger partial charge in [0.1, 0.15) is 0 Å². The minimum absolute atomic E-state index is 0.0450. The number of hydrogen-bond donors (Lipinski definition) is 1. The first-order valence-corrected chi connectivity index (χ1v) is 8.79. The molecular formula is C18H26N2O2S. The SMILES string of the molecule is C=C(C)CN(CC)C(=O)C(C)SCC(=O)Nc1ccc(C)cc1. The van der Waals surface area contributed by atoms with Gasteiger partial charge in [-0.2, -0.15) is 0 Å². The Kier molecular flexibility index (Phi) is 7.89. The number of anilines is 1. The fourth-order valence-electron chi connectivity index (χ4n) is 2.03. The molecule has 0 aliphatic rings. The third-order valence-corrected chi connectivity index (χ3v) is 4.43. The first-order valence-electron chi connectivity index (χ1n) is 7.74. The normalized spacial score (nSPS) is 11.7. The zero-order valence-corrected chi connectivity index (χ0v) is 15.2. The van der Waals surface area contributed by atoms with Gasteiger partial charge >= 0.3 is 0 Å². The first-order chi connectivity index (χ1) is 10.8. The summed E-state index contributed by atoms with van der Waals surface area (Å²) in [6, 6.07) is 7.65. The Hall–Kier alpha value is -1.75. The molecule has 1 rings (SSSR count). The molecule has 1 N–H and O–H groups in total. The Morgan fingerprint density at radius 1 is 1.30 bits per heavy atom. The molecule has 126 valence electrons. The van der Waals surface area contributed by atoms with Gasteiger partial charge in [0.2, 0.25) is 11.8 Å². The van der Waals surface area contributed by atoms with Gasteiger partial charge in [-0.3, -0.25) is 9.59 Å². The largest absolute Gasteiger partial charge is 0.338 e. The average Bonchev–Trinajstić information content (AvgIpc) is 2.51. The summed E-state index contributed by atoms with van der Waals surface area (Å²) in [5.74, 6) is 0.205. The molecule has 1 unspecified atom stereocenters. The van der Waals surface area contributed by atoms with Crippen LogP contribution in [0.3, 0.4) is 0 Å². The van der Waals surface area contributed by atoms with E-state index in [1.54, 1.807) is 4.90 Å². The van der Waals surface area contributed by atoms with Gasteiger partial charge in [-0.25, -0.2) is 0 Å². The van der Waals surface area contributed by atoms with Gasteiger partial charge in [-0.05, 0) is 39.8 Å². The van der Waals surface area contributed by atoms with Crippen LogP contribution in [-0.2, 0) is 9.59 Å². The van der Waals surface area contributed by atoms with Crippen LogP contribution in [0.1, 0.15) is 26.3 Å². The van der Waals surface area contributed by atoms with Gasteiger partial charge in [-0.15, -0.1) is 11.8 Å². The summed E-state index contributed by atoms with van der Waals surface area (Å²) in [5.41, 5.74) is 2.88. The van der Waals surface area contributed by atoms with Crippen LogP contribution in [0.15, 0.2) is 36.4 Å². The molecule has 0 radical (unpaired) electrons. The van der Waals surface area contributed by atoms with Crippen LogP contribution in [0, 0.1) is 6.92 Å². The van der Waals surface area contributed by atoms with Crippen molar-refractivity contribution in [2.75, 3.05) is 24.2 Å². The Morgan fingerprint density at radius 3 is 2.43 bits per heavy atom. The molecule has 4 nitrogen and oxygen atoms in total. The quantitative estimate of drug-likeness (QED) is 0.741. The van der Waals surface area contributed by atoms with E-state index in [0.29, 0.717) is 13.1 Å². The van der Waals surface area contributed by atoms with Crippen molar-refractivity contribution in [3.05, 3.63) is 42.0 Å². The maximum atomic E-state index is 12.4. The summed E-state index contributed by atoms with van der Waals surface area (Å²) in [4.78, 5) is 26.1. The number of hydrogen-bond acceptors (Lipinski definition) is 3. The van der Waals surface area contributed by atoms with Crippen LogP contribution in [-0.4, -0.2) is 40.8 Å². The average molecular weight is 334 g/mol. The molecule has 1 aromatic rings. The molecule has 1 aromatic carbocycles. The van der Waals surface area contributed by atoms with Gasteiger partial charge in [0.05, 0.1) is 11.0 Å². The molecule has 0 saturated heterocycles. The van der Waals surface area contributed by atoms with Gasteiger partial charge in [0.15, 0.2) is 0 Å². The zero-order chi connectivity index (χ0) is 17.4. The van der Waals surface area contributed by atoms with Crippen molar-refractivity contribution in [1.29, 1.82) is 0 Å². The minimum Gasteiger partial charge on any atom is -0.338 e. The highest BCUT2D eigenvalue weighted by Gasteiger charge is 2.20. The van der Waals surface area contributed by atoms with E-state index in [2.05, 4.69) is 11.9 Å². The number of amides is 2. The molecule has 0 aromatic heterocycles. The summed E-state index contributed by atoms with van der Waals surface area (Å²) in [7, 11) is 0. The molecule has 1 atom stereocenters. The predicted molar refractivity (Wildman–Crippen MR) is 98.8 cm³/mol. The van der Waals surface area contributed by atoms with Crippen molar-refractivity contribution in [1.82, 2.24) is 4.90 Å². The summed E-state index contributed by atoms with van der Waals surface area (Å²) >= 11 is 1.35. The van der Waals surface area contributed by atoms with Crippen molar-refractivity contribution in [2.45, 2.75) is 32.9 Å². The molecule has 0 heterocycles. The van der Waals surface area contributed by atoms with Crippen LogP contribution in [0.5, 0.6) is 0 Å². The van der Waals surface area contributed by atoms with E-state index < -0.39 is 0 Å². The van der Waals surface area contributed by atoms with Gasteiger partial charge in [0.25, 0.3) is 0 Å². The molecule has 0 saturated carbocycles. The number of thioether (sulfide) groups is 1. The third kappa shape index (κ3) is 6.91. The highest BCUT2D eigenvalue weighted by Crippen LogP contribution is 2.15. The highest BCUT2D eigenvalue weighted by atomic mass is 32.2. The fraction of sp³-hybridized carbons (Fsp3) is 0.444. The van der Waals surface area contributed by atoms with Crippen LogP contribution in [0.4, 0.5) is 5.69 Å². The second-order valence-electron chi connectivity index (χ2n) is 5.68. The van der Waals surface area contributed by atoms with E-state index >= 15 is 0 Å². The van der Waals surface area contributed by atoms with Crippen molar-refractivity contribution in [3.63, 3.8) is 0 Å². The molecule has 23 heavy (non-hydrogen) atoms. The summed E-state index contributed by atoms with van der Waals surface area (Å²) in [6.45, 7) is 12.7. The minimum atomic E-state index is -0.252. The van der Waals surface area contributed by atoms with E-state index in [4.69, 9.17) is 0 Å². The van der Waals surface area contributed by atoms with Gasteiger partial charge in [0, 0.05) is 18.8 Å². The Morgan fingerprint density at radius 2 is 1.91 bits per heavy atom. The molecule has 2 amide bonds. The number of nitrogens with zero attached hydrogens (tertiary/aromatic N) is 1. The van der Waals surface area contributed by atoms with Crippen molar-refractivity contribution < 1.29 is 9.59 Å². The van der Waals surface area contributed by atoms with Crippen molar-refractivity contribution >= 4 is 29.3 Å². The topological polar surface area (TPSA) is 49.4 Å². The number of carbonyl (C=O) groups is 2. The molecule has 5 heteroatoms. The van der Waals surface area contributed by atoms with Crippen LogP contribution < -0.4 is 5.32 Å². The van der Waals surface area contributed by atoms with Gasteiger partial charge in [-0.1, -0.05) is 29.8 Å². The summed E-state index contributed by atoms with van der Waals surface area (Å²) < 4.78 is 0. The lowest BCUT2D eigenvalue weighted by Gasteiger charge is -2.24. The van der Waals surface area contributed by atoms with Gasteiger partial charge < -0.3 is 10.2 Å². The lowest BCUT2D eigenvalue weighted by molar-refractivity contribution is -0.129. The monoisotopic (exact) mass is 334 g/mol. The standard InChI is InChI=1S/C18H26N2O2S/c1-6-20(11-13(2)3)18(22)15(5)23-12-17(21)19-16-9-7-14(4)8-10-16/h7-10,15H,2,6,11-12H2,1,3-5H3,(H,19,21). The van der Waals surface area contributed by atoms with E-state index in [9.17, 15) is 9.59 Å². The molecule has 0 fully saturated rings. The maximum absolute atomic E-state index is 12.4. The lowest BCUT2D eigenvalue weighted by atomic mass is 10.2. The van der Waals surface area contributed by atoms with Crippen LogP contribution in [0.25, 0.3) is 0 Å². The Labute approximate surface area is 143 Å². The number of aryl methyl sites for hydroxylation is 1. The number of nitrogens with one attached hydrogen (secondary N) is 1. The summed E-state index contributed by atoms with van der Waals surface area (Å²) in [6.07, 6.45) is 0. The van der Waals surface area contributed by atoms with E-state index in [0.717, 1.165) is 16.8 Å². The zero-order valence-electron chi connectivity index (χ0n) is 14.4. The second-order valence-corrected chi connectivity index (χ2v) is 7.01. The molecular weight excluding hydrogens is 308 g/mol. The molecule has 0 aliphatic carbocycles. The molecule has 0 aliphatic heterocycles. The Bertz CT molecular complexity index is 555. The van der Waals surface area contributed by atoms with Crippen LogP contribution >= 0.6 is 11.8 Å². The number of rotatable bonds is 8. The van der Waals surface area contributed by atoms with E-state index in [1.165, 1.54) is 11.8 Å². The number of carbonyl (C=O) groups excluding carboxylic acids is 2. The maximum Gasteiger partial charge on any atom is 0.235 e. The third-order valence-electron chi connectivity index (χ3n) is 3.30. The van der Waals surface area contributed by atoms with Crippen molar-refractivity contribution in [3.8, 4) is 0 Å². The van der Waals surface area contributed by atoms with E-state index in [-0.39, 0.29) is 22.8 Å². The number of benzene rings is 1. The Balaban J connectivity index is 2.46. The highest BCUT2D eigenvalue weighted by molar-refractivity contribution is 8.01. The van der Waals surface area contributed by atoms with E-state index in [1.807, 2.05) is 52.0 Å². The molecule has 0 spiro atoms. The molecule has 0 bridgehead atoms. The lowest BCUT2D eigenvalue weighted by Crippen LogP contribution is -2.38. The smallest absolute Gasteiger partial charge is 0.235 e.